The Kier molecular flexibility index (Phi) is 4.90. The van der Waals surface area contributed by atoms with Crippen molar-refractivity contribution in [1.29, 1.82) is 0 Å². The number of aryl methyl sites for hydroxylation is 1. The first-order valence-corrected chi connectivity index (χ1v) is 8.38. The van der Waals surface area contributed by atoms with E-state index in [1.165, 1.54) is 6.42 Å². The molecule has 1 N–H and O–H groups in total. The van der Waals surface area contributed by atoms with Crippen molar-refractivity contribution in [3.63, 3.8) is 0 Å². The van der Waals surface area contributed by atoms with Gasteiger partial charge in [0.1, 0.15) is 0 Å². The van der Waals surface area contributed by atoms with Crippen LogP contribution in [0, 0.1) is 6.92 Å². The van der Waals surface area contributed by atoms with Gasteiger partial charge in [-0.1, -0.05) is 29.6 Å². The van der Waals surface area contributed by atoms with Gasteiger partial charge in [-0.15, -0.1) is 0 Å². The third-order valence-corrected chi connectivity index (χ3v) is 4.42. The number of hydrogen-bond donors (Lipinski definition) is 1. The number of piperidine rings is 1. The molecule has 0 radical (unpaired) electrons. The number of carbonyl (C=O) groups is 1. The summed E-state index contributed by atoms with van der Waals surface area (Å²) in [5.74, 6) is -0.187. The number of hydrogen-bond acceptors (Lipinski definition) is 3. The summed E-state index contributed by atoms with van der Waals surface area (Å²) in [6, 6.07) is 5.18. The zero-order valence-corrected chi connectivity index (χ0v) is 14.4. The van der Waals surface area contributed by atoms with Gasteiger partial charge >= 0.3 is 0 Å². The Morgan fingerprint density at radius 1 is 1.22 bits per heavy atom. The molecule has 0 bridgehead atoms. The third kappa shape index (κ3) is 3.68. The van der Waals surface area contributed by atoms with Crippen LogP contribution in [0.3, 0.4) is 0 Å². The van der Waals surface area contributed by atoms with Crippen LogP contribution in [0.25, 0.3) is 5.69 Å². The minimum Gasteiger partial charge on any atom is -0.283 e. The number of halogens is 2. The Morgan fingerprint density at radius 3 is 2.65 bits per heavy atom. The molecule has 0 spiro atoms. The molecule has 1 saturated heterocycles. The number of aromatic nitrogens is 2. The van der Waals surface area contributed by atoms with Crippen molar-refractivity contribution in [3.05, 3.63) is 45.7 Å². The Hall–Kier alpha value is -1.56. The standard InChI is InChI=1S/C16H18Cl2N4O/c1-11-10-22(14-6-5-12(17)9-13(14)18)19-15(11)16(23)20-21-7-3-2-4-8-21/h5-6,9-10H,2-4,7-8H2,1H3,(H,20,23). The molecule has 0 atom stereocenters. The number of hydrazine groups is 1. The number of benzene rings is 1. The number of amides is 1. The van der Waals surface area contributed by atoms with Crippen molar-refractivity contribution in [1.82, 2.24) is 20.2 Å². The third-order valence-electron chi connectivity index (χ3n) is 3.88. The molecule has 122 valence electrons. The van der Waals surface area contributed by atoms with Gasteiger partial charge in [0.05, 0.1) is 10.7 Å². The summed E-state index contributed by atoms with van der Waals surface area (Å²) < 4.78 is 1.61. The predicted octanol–water partition coefficient (Wildman–Crippen LogP) is 3.62. The first kappa shape index (κ1) is 16.3. The van der Waals surface area contributed by atoms with Crippen LogP contribution in [-0.2, 0) is 0 Å². The number of nitrogens with one attached hydrogen (secondary N) is 1. The molecule has 1 aliphatic heterocycles. The van der Waals surface area contributed by atoms with E-state index < -0.39 is 0 Å². The summed E-state index contributed by atoms with van der Waals surface area (Å²) in [5.41, 5.74) is 4.82. The molecule has 1 amide bonds. The molecule has 0 saturated carbocycles. The van der Waals surface area contributed by atoms with Crippen LogP contribution in [0.1, 0.15) is 35.3 Å². The molecular formula is C16H18Cl2N4O. The van der Waals surface area contributed by atoms with E-state index in [-0.39, 0.29) is 5.91 Å². The van der Waals surface area contributed by atoms with Crippen LogP contribution in [0.2, 0.25) is 10.0 Å². The number of rotatable bonds is 3. The second kappa shape index (κ2) is 6.91. The molecule has 1 aliphatic rings. The molecule has 23 heavy (non-hydrogen) atoms. The van der Waals surface area contributed by atoms with Crippen molar-refractivity contribution < 1.29 is 4.79 Å². The van der Waals surface area contributed by atoms with Crippen molar-refractivity contribution in [3.8, 4) is 5.69 Å². The van der Waals surface area contributed by atoms with Gasteiger partial charge in [0.25, 0.3) is 5.91 Å². The molecule has 0 aliphatic carbocycles. The molecule has 3 rings (SSSR count). The summed E-state index contributed by atoms with van der Waals surface area (Å²) in [7, 11) is 0. The van der Waals surface area contributed by atoms with Crippen molar-refractivity contribution in [2.24, 2.45) is 0 Å². The van der Waals surface area contributed by atoms with E-state index in [1.54, 1.807) is 29.1 Å². The van der Waals surface area contributed by atoms with Crippen LogP contribution < -0.4 is 5.43 Å². The van der Waals surface area contributed by atoms with Gasteiger partial charge < -0.3 is 0 Å². The first-order valence-electron chi connectivity index (χ1n) is 7.62. The second-order valence-electron chi connectivity index (χ2n) is 5.69. The lowest BCUT2D eigenvalue weighted by molar-refractivity contribution is 0.0743. The van der Waals surface area contributed by atoms with Crippen molar-refractivity contribution >= 4 is 29.1 Å². The number of nitrogens with zero attached hydrogens (tertiary/aromatic N) is 3. The topological polar surface area (TPSA) is 50.2 Å². The molecule has 0 unspecified atom stereocenters. The monoisotopic (exact) mass is 352 g/mol. The molecule has 1 aromatic carbocycles. The lowest BCUT2D eigenvalue weighted by Crippen LogP contribution is -2.45. The minimum atomic E-state index is -0.187. The van der Waals surface area contributed by atoms with Crippen LogP contribution in [0.4, 0.5) is 0 Å². The van der Waals surface area contributed by atoms with Gasteiger partial charge in [-0.25, -0.2) is 9.69 Å². The van der Waals surface area contributed by atoms with E-state index in [2.05, 4.69) is 10.5 Å². The summed E-state index contributed by atoms with van der Waals surface area (Å²) in [6.45, 7) is 3.63. The van der Waals surface area contributed by atoms with Gasteiger partial charge in [-0.05, 0) is 38.0 Å². The van der Waals surface area contributed by atoms with E-state index in [9.17, 15) is 4.79 Å². The molecule has 1 aromatic heterocycles. The molecule has 2 aromatic rings. The molecular weight excluding hydrogens is 335 g/mol. The quantitative estimate of drug-likeness (QED) is 0.917. The lowest BCUT2D eigenvalue weighted by atomic mass is 10.2. The van der Waals surface area contributed by atoms with Crippen LogP contribution in [-0.4, -0.2) is 33.8 Å². The van der Waals surface area contributed by atoms with Crippen LogP contribution >= 0.6 is 23.2 Å². The summed E-state index contributed by atoms with van der Waals surface area (Å²) in [4.78, 5) is 12.4. The van der Waals surface area contributed by atoms with Gasteiger partial charge in [0.15, 0.2) is 5.69 Å². The maximum Gasteiger partial charge on any atom is 0.286 e. The first-order chi connectivity index (χ1) is 11.0. The number of carbonyl (C=O) groups excluding carboxylic acids is 1. The van der Waals surface area contributed by atoms with Gasteiger partial charge in [-0.3, -0.25) is 10.2 Å². The largest absolute Gasteiger partial charge is 0.286 e. The van der Waals surface area contributed by atoms with Gasteiger partial charge in [0.2, 0.25) is 0 Å². The van der Waals surface area contributed by atoms with E-state index in [0.29, 0.717) is 21.4 Å². The average Bonchev–Trinajstić information content (AvgIpc) is 2.90. The Bertz CT molecular complexity index is 723. The van der Waals surface area contributed by atoms with E-state index in [4.69, 9.17) is 23.2 Å². The van der Waals surface area contributed by atoms with Gasteiger partial charge in [-0.2, -0.15) is 5.10 Å². The summed E-state index contributed by atoms with van der Waals surface area (Å²) in [5, 5.41) is 7.39. The highest BCUT2D eigenvalue weighted by molar-refractivity contribution is 6.35. The Balaban J connectivity index is 1.81. The zero-order chi connectivity index (χ0) is 16.4. The van der Waals surface area contributed by atoms with E-state index in [1.807, 2.05) is 11.9 Å². The van der Waals surface area contributed by atoms with Crippen molar-refractivity contribution in [2.45, 2.75) is 26.2 Å². The fraction of sp³-hybridized carbons (Fsp3) is 0.375. The molecule has 2 heterocycles. The molecule has 5 nitrogen and oxygen atoms in total. The van der Waals surface area contributed by atoms with Crippen LogP contribution in [0.15, 0.2) is 24.4 Å². The molecule has 1 fully saturated rings. The maximum atomic E-state index is 12.4. The Labute approximate surface area is 145 Å². The van der Waals surface area contributed by atoms with Crippen LogP contribution in [0.5, 0.6) is 0 Å². The SMILES string of the molecule is Cc1cn(-c2ccc(Cl)cc2Cl)nc1C(=O)NN1CCCCC1. The fourth-order valence-corrected chi connectivity index (χ4v) is 3.17. The average molecular weight is 353 g/mol. The normalized spacial score (nSPS) is 15.6. The smallest absolute Gasteiger partial charge is 0.283 e. The summed E-state index contributed by atoms with van der Waals surface area (Å²) >= 11 is 12.1. The highest BCUT2D eigenvalue weighted by Crippen LogP contribution is 2.24. The molecule has 7 heteroatoms. The lowest BCUT2D eigenvalue weighted by Gasteiger charge is -2.26. The fourth-order valence-electron chi connectivity index (χ4n) is 2.68. The van der Waals surface area contributed by atoms with Gasteiger partial charge in [0, 0.05) is 29.9 Å². The van der Waals surface area contributed by atoms with Crippen molar-refractivity contribution in [2.75, 3.05) is 13.1 Å². The van der Waals surface area contributed by atoms with E-state index >= 15 is 0 Å². The highest BCUT2D eigenvalue weighted by Gasteiger charge is 2.19. The predicted molar refractivity (Wildman–Crippen MR) is 91.2 cm³/mol. The zero-order valence-electron chi connectivity index (χ0n) is 12.9. The minimum absolute atomic E-state index is 0.187. The Morgan fingerprint density at radius 2 is 1.96 bits per heavy atom. The highest BCUT2D eigenvalue weighted by atomic mass is 35.5. The summed E-state index contributed by atoms with van der Waals surface area (Å²) in [6.07, 6.45) is 5.22. The van der Waals surface area contributed by atoms with E-state index in [0.717, 1.165) is 31.5 Å². The maximum absolute atomic E-state index is 12.4. The second-order valence-corrected chi connectivity index (χ2v) is 6.53.